The highest BCUT2D eigenvalue weighted by Crippen LogP contribution is 2.28. The molecule has 8 nitrogen and oxygen atoms in total. The average Bonchev–Trinajstić information content (AvgIpc) is 2.98. The number of carbonyl (C=O) groups excluding carboxylic acids is 3. The van der Waals surface area contributed by atoms with Crippen molar-refractivity contribution in [3.63, 3.8) is 0 Å². The Morgan fingerprint density at radius 1 is 0.833 bits per heavy atom. The van der Waals surface area contributed by atoms with E-state index in [-0.39, 0.29) is 16.1 Å². The van der Waals surface area contributed by atoms with E-state index in [0.717, 1.165) is 4.90 Å². The fourth-order valence-electron chi connectivity index (χ4n) is 3.14. The summed E-state index contributed by atoms with van der Waals surface area (Å²) in [5, 5.41) is 7.68. The van der Waals surface area contributed by atoms with E-state index in [2.05, 4.69) is 5.32 Å². The van der Waals surface area contributed by atoms with Crippen LogP contribution in [-0.4, -0.2) is 26.1 Å². The van der Waals surface area contributed by atoms with Crippen LogP contribution in [0.4, 0.5) is 11.4 Å². The smallest absolute Gasteiger partial charge is 0.266 e. The molecule has 3 aromatic rings. The number of hydrogen-bond donors (Lipinski definition) is 2. The van der Waals surface area contributed by atoms with Crippen LogP contribution in [0.3, 0.4) is 0 Å². The van der Waals surface area contributed by atoms with Crippen LogP contribution in [0, 0.1) is 0 Å². The van der Waals surface area contributed by atoms with Gasteiger partial charge >= 0.3 is 0 Å². The minimum Gasteiger partial charge on any atom is -0.322 e. The van der Waals surface area contributed by atoms with Crippen molar-refractivity contribution in [1.29, 1.82) is 0 Å². The van der Waals surface area contributed by atoms with E-state index in [4.69, 9.17) is 5.14 Å². The number of fused-ring (bicyclic) bond motifs is 1. The molecule has 1 heterocycles. The number of amides is 3. The van der Waals surface area contributed by atoms with Crippen molar-refractivity contribution in [2.75, 3.05) is 10.2 Å². The second kappa shape index (κ2) is 7.21. The highest BCUT2D eigenvalue weighted by molar-refractivity contribution is 7.89. The number of primary sulfonamides is 1. The summed E-state index contributed by atoms with van der Waals surface area (Å²) in [6, 6.07) is 18.0. The molecule has 150 valence electrons. The van der Waals surface area contributed by atoms with Crippen LogP contribution < -0.4 is 15.4 Å². The number of nitrogens with one attached hydrogen (secondary N) is 1. The summed E-state index contributed by atoms with van der Waals surface area (Å²) in [6.07, 6.45) is 0. The minimum atomic E-state index is -3.89. The van der Waals surface area contributed by atoms with Crippen LogP contribution >= 0.6 is 0 Å². The summed E-state index contributed by atoms with van der Waals surface area (Å²) in [5.41, 5.74) is 1.53. The molecule has 0 bridgehead atoms. The molecule has 9 heteroatoms. The first-order valence-electron chi connectivity index (χ1n) is 8.78. The van der Waals surface area contributed by atoms with E-state index in [0.29, 0.717) is 16.8 Å². The number of anilines is 2. The minimum absolute atomic E-state index is 0.124. The molecule has 0 aliphatic carbocycles. The summed E-state index contributed by atoms with van der Waals surface area (Å²) in [4.78, 5) is 38.5. The monoisotopic (exact) mass is 421 g/mol. The van der Waals surface area contributed by atoms with Gasteiger partial charge in [0.15, 0.2) is 0 Å². The number of carbonyl (C=O) groups is 3. The third-order valence-electron chi connectivity index (χ3n) is 4.60. The summed E-state index contributed by atoms with van der Waals surface area (Å²) in [6.45, 7) is 0. The van der Waals surface area contributed by atoms with E-state index in [1.807, 2.05) is 0 Å². The number of imide groups is 1. The van der Waals surface area contributed by atoms with Gasteiger partial charge in [0.25, 0.3) is 17.7 Å². The molecular weight excluding hydrogens is 406 g/mol. The Balaban J connectivity index is 1.54. The van der Waals surface area contributed by atoms with Gasteiger partial charge in [-0.15, -0.1) is 0 Å². The lowest BCUT2D eigenvalue weighted by Crippen LogP contribution is -2.29. The van der Waals surface area contributed by atoms with Crippen molar-refractivity contribution < 1.29 is 22.8 Å². The Hall–Kier alpha value is -3.82. The molecule has 0 saturated carbocycles. The predicted octanol–water partition coefficient (Wildman–Crippen LogP) is 2.39. The van der Waals surface area contributed by atoms with Gasteiger partial charge < -0.3 is 5.32 Å². The first-order valence-corrected chi connectivity index (χ1v) is 10.3. The number of benzene rings is 3. The first-order chi connectivity index (χ1) is 14.3. The summed E-state index contributed by atoms with van der Waals surface area (Å²) in [5.74, 6) is -1.34. The van der Waals surface area contributed by atoms with Crippen molar-refractivity contribution in [2.45, 2.75) is 4.90 Å². The van der Waals surface area contributed by atoms with Crippen molar-refractivity contribution in [1.82, 2.24) is 0 Å². The molecule has 1 aliphatic heterocycles. The summed E-state index contributed by atoms with van der Waals surface area (Å²) >= 11 is 0. The van der Waals surface area contributed by atoms with Crippen LogP contribution in [0.1, 0.15) is 31.1 Å². The molecule has 3 amide bonds. The normalized spacial score (nSPS) is 13.3. The van der Waals surface area contributed by atoms with Crippen LogP contribution in [0.25, 0.3) is 0 Å². The van der Waals surface area contributed by atoms with E-state index >= 15 is 0 Å². The molecule has 0 aromatic heterocycles. The maximum atomic E-state index is 12.5. The van der Waals surface area contributed by atoms with Crippen molar-refractivity contribution in [3.05, 3.63) is 89.5 Å². The van der Waals surface area contributed by atoms with Gasteiger partial charge in [0, 0.05) is 11.3 Å². The lowest BCUT2D eigenvalue weighted by molar-refractivity contribution is 0.0925. The molecule has 0 fully saturated rings. The molecular formula is C21H15N3O5S. The zero-order valence-corrected chi connectivity index (χ0v) is 16.2. The van der Waals surface area contributed by atoms with Gasteiger partial charge in [0.05, 0.1) is 21.7 Å². The molecule has 4 rings (SSSR count). The van der Waals surface area contributed by atoms with Crippen LogP contribution in [-0.2, 0) is 10.0 Å². The van der Waals surface area contributed by atoms with Gasteiger partial charge in [-0.25, -0.2) is 18.5 Å². The molecule has 3 N–H and O–H groups in total. The van der Waals surface area contributed by atoms with Gasteiger partial charge in [-0.3, -0.25) is 14.4 Å². The number of nitrogens with zero attached hydrogens (tertiary/aromatic N) is 1. The number of hydrogen-bond acceptors (Lipinski definition) is 5. The summed E-state index contributed by atoms with van der Waals surface area (Å²) < 4.78 is 22.9. The van der Waals surface area contributed by atoms with Crippen LogP contribution in [0.5, 0.6) is 0 Å². The second-order valence-electron chi connectivity index (χ2n) is 6.57. The van der Waals surface area contributed by atoms with E-state index in [1.54, 1.807) is 24.3 Å². The lowest BCUT2D eigenvalue weighted by Gasteiger charge is -2.14. The van der Waals surface area contributed by atoms with Gasteiger partial charge in [0.2, 0.25) is 10.0 Å². The highest BCUT2D eigenvalue weighted by Gasteiger charge is 2.36. The molecule has 0 saturated heterocycles. The lowest BCUT2D eigenvalue weighted by atomic mass is 10.1. The third-order valence-corrected chi connectivity index (χ3v) is 5.51. The second-order valence-corrected chi connectivity index (χ2v) is 8.13. The van der Waals surface area contributed by atoms with Gasteiger partial charge in [0.1, 0.15) is 0 Å². The maximum Gasteiger partial charge on any atom is 0.266 e. The number of sulfonamides is 1. The zero-order chi connectivity index (χ0) is 21.5. The summed E-state index contributed by atoms with van der Waals surface area (Å²) in [7, 11) is -3.89. The Kier molecular flexibility index (Phi) is 4.69. The topological polar surface area (TPSA) is 127 Å². The molecule has 1 aliphatic rings. The average molecular weight is 421 g/mol. The Morgan fingerprint density at radius 3 is 2.00 bits per heavy atom. The highest BCUT2D eigenvalue weighted by atomic mass is 32.2. The zero-order valence-electron chi connectivity index (χ0n) is 15.4. The number of rotatable bonds is 4. The molecule has 3 aromatic carbocycles. The van der Waals surface area contributed by atoms with Crippen molar-refractivity contribution in [2.24, 2.45) is 5.14 Å². The van der Waals surface area contributed by atoms with E-state index in [9.17, 15) is 22.8 Å². The van der Waals surface area contributed by atoms with Crippen molar-refractivity contribution in [3.8, 4) is 0 Å². The molecule has 0 spiro atoms. The fraction of sp³-hybridized carbons (Fsp3) is 0. The number of nitrogens with two attached hydrogens (primary N) is 1. The Morgan fingerprint density at radius 2 is 1.43 bits per heavy atom. The molecule has 0 unspecified atom stereocenters. The van der Waals surface area contributed by atoms with E-state index in [1.165, 1.54) is 48.5 Å². The quantitative estimate of drug-likeness (QED) is 0.626. The van der Waals surface area contributed by atoms with Crippen LogP contribution in [0.2, 0.25) is 0 Å². The molecule has 0 atom stereocenters. The Labute approximate surface area is 172 Å². The standard InChI is InChI=1S/C21H15N3O5S/c22-30(28,29)16-5-3-4-14(12-16)23-19(25)13-8-10-15(11-9-13)24-20(26)17-6-1-2-7-18(17)21(24)27/h1-12H,(H,23,25)(H2,22,28,29). The van der Waals surface area contributed by atoms with Crippen LogP contribution in [0.15, 0.2) is 77.7 Å². The largest absolute Gasteiger partial charge is 0.322 e. The van der Waals surface area contributed by atoms with Gasteiger partial charge in [-0.05, 0) is 54.6 Å². The SMILES string of the molecule is NS(=O)(=O)c1cccc(NC(=O)c2ccc(N3C(=O)c4ccccc4C3=O)cc2)c1. The fourth-order valence-corrected chi connectivity index (χ4v) is 3.70. The molecule has 0 radical (unpaired) electrons. The third kappa shape index (κ3) is 3.47. The van der Waals surface area contributed by atoms with Gasteiger partial charge in [-0.1, -0.05) is 18.2 Å². The van der Waals surface area contributed by atoms with E-state index < -0.39 is 27.7 Å². The van der Waals surface area contributed by atoms with Gasteiger partial charge in [-0.2, -0.15) is 0 Å². The Bertz CT molecular complexity index is 1270. The first kappa shape index (κ1) is 19.5. The maximum absolute atomic E-state index is 12.5. The van der Waals surface area contributed by atoms with Crippen molar-refractivity contribution >= 4 is 39.1 Å². The molecule has 30 heavy (non-hydrogen) atoms. The predicted molar refractivity (Wildman–Crippen MR) is 110 cm³/mol.